The van der Waals surface area contributed by atoms with Crippen LogP contribution in [0.15, 0.2) is 30.6 Å². The van der Waals surface area contributed by atoms with Crippen molar-refractivity contribution in [3.8, 4) is 0 Å². The summed E-state index contributed by atoms with van der Waals surface area (Å²) < 4.78 is 7.71. The molecule has 1 atom stereocenters. The highest BCUT2D eigenvalue weighted by molar-refractivity contribution is 5.39. The zero-order chi connectivity index (χ0) is 14.7. The quantitative estimate of drug-likeness (QED) is 0.906. The second kappa shape index (κ2) is 6.56. The highest BCUT2D eigenvalue weighted by Gasteiger charge is 2.23. The van der Waals surface area contributed by atoms with E-state index in [1.165, 1.54) is 0 Å². The molecule has 1 fully saturated rings. The van der Waals surface area contributed by atoms with Crippen LogP contribution >= 0.6 is 0 Å². The second-order valence-corrected chi connectivity index (χ2v) is 5.96. The lowest BCUT2D eigenvalue weighted by molar-refractivity contribution is -0.0119. The standard InChI is InChI=1S/C16H24N4O/c1-13(2)17-9-15-12-21-8-7-19(15)10-14-11-20-6-4-3-5-16(20)18-14/h3-6,11,13,15,17H,7-10,12H2,1-2H3. The molecule has 0 radical (unpaired) electrons. The summed E-state index contributed by atoms with van der Waals surface area (Å²) in [6.45, 7) is 8.78. The first-order valence-corrected chi connectivity index (χ1v) is 7.70. The van der Waals surface area contributed by atoms with Gasteiger partial charge in [-0.05, 0) is 12.1 Å². The molecule has 1 N–H and O–H groups in total. The summed E-state index contributed by atoms with van der Waals surface area (Å²) in [4.78, 5) is 7.17. The van der Waals surface area contributed by atoms with E-state index in [0.29, 0.717) is 12.1 Å². The maximum Gasteiger partial charge on any atom is 0.137 e. The lowest BCUT2D eigenvalue weighted by atomic mass is 10.2. The molecule has 5 heteroatoms. The van der Waals surface area contributed by atoms with Gasteiger partial charge in [0.25, 0.3) is 0 Å². The molecule has 0 bridgehead atoms. The van der Waals surface area contributed by atoms with E-state index in [2.05, 4.69) is 34.7 Å². The average molecular weight is 288 g/mol. The largest absolute Gasteiger partial charge is 0.378 e. The number of aromatic nitrogens is 2. The smallest absolute Gasteiger partial charge is 0.137 e. The van der Waals surface area contributed by atoms with Crippen molar-refractivity contribution >= 4 is 5.65 Å². The van der Waals surface area contributed by atoms with Crippen LogP contribution in [-0.2, 0) is 11.3 Å². The van der Waals surface area contributed by atoms with Gasteiger partial charge >= 0.3 is 0 Å². The topological polar surface area (TPSA) is 41.8 Å². The van der Waals surface area contributed by atoms with Crippen molar-refractivity contribution in [2.24, 2.45) is 0 Å². The van der Waals surface area contributed by atoms with Crippen molar-refractivity contribution in [2.75, 3.05) is 26.3 Å². The Balaban J connectivity index is 1.68. The molecule has 1 saturated heterocycles. The molecular weight excluding hydrogens is 264 g/mol. The van der Waals surface area contributed by atoms with Gasteiger partial charge in [0.1, 0.15) is 5.65 Å². The molecule has 0 aliphatic carbocycles. The number of pyridine rings is 1. The van der Waals surface area contributed by atoms with Crippen LogP contribution < -0.4 is 5.32 Å². The summed E-state index contributed by atoms with van der Waals surface area (Å²) in [6.07, 6.45) is 4.17. The normalized spacial score (nSPS) is 20.4. The summed E-state index contributed by atoms with van der Waals surface area (Å²) in [5.74, 6) is 0. The van der Waals surface area contributed by atoms with Gasteiger partial charge in [0, 0.05) is 44.1 Å². The summed E-state index contributed by atoms with van der Waals surface area (Å²) in [5, 5.41) is 3.51. The zero-order valence-electron chi connectivity index (χ0n) is 12.8. The van der Waals surface area contributed by atoms with Gasteiger partial charge in [-0.1, -0.05) is 19.9 Å². The van der Waals surface area contributed by atoms with Crippen molar-refractivity contribution in [1.29, 1.82) is 0 Å². The van der Waals surface area contributed by atoms with Gasteiger partial charge in [0.05, 0.1) is 18.9 Å². The minimum absolute atomic E-state index is 0.422. The number of nitrogens with zero attached hydrogens (tertiary/aromatic N) is 3. The summed E-state index contributed by atoms with van der Waals surface area (Å²) in [7, 11) is 0. The number of hydrogen-bond acceptors (Lipinski definition) is 4. The summed E-state index contributed by atoms with van der Waals surface area (Å²) in [5.41, 5.74) is 2.13. The third-order valence-electron chi connectivity index (χ3n) is 3.89. The van der Waals surface area contributed by atoms with E-state index in [0.717, 1.165) is 44.2 Å². The van der Waals surface area contributed by atoms with Crippen LogP contribution in [0.3, 0.4) is 0 Å². The fourth-order valence-corrected chi connectivity index (χ4v) is 2.73. The third kappa shape index (κ3) is 3.61. The minimum atomic E-state index is 0.422. The Morgan fingerprint density at radius 3 is 3.14 bits per heavy atom. The van der Waals surface area contributed by atoms with Gasteiger partial charge in [-0.15, -0.1) is 0 Å². The number of morpholine rings is 1. The Hall–Kier alpha value is -1.43. The highest BCUT2D eigenvalue weighted by Crippen LogP contribution is 2.13. The van der Waals surface area contributed by atoms with Crippen LogP contribution in [0.5, 0.6) is 0 Å². The number of fused-ring (bicyclic) bond motifs is 1. The van der Waals surface area contributed by atoms with Gasteiger partial charge in [0.15, 0.2) is 0 Å². The summed E-state index contributed by atoms with van der Waals surface area (Å²) in [6, 6.07) is 7.02. The monoisotopic (exact) mass is 288 g/mol. The SMILES string of the molecule is CC(C)NCC1COCCN1Cc1cn2ccccc2n1. The highest BCUT2D eigenvalue weighted by atomic mass is 16.5. The predicted octanol–water partition coefficient (Wildman–Crippen LogP) is 1.53. The first kappa shape index (κ1) is 14.5. The molecule has 5 nitrogen and oxygen atoms in total. The molecule has 0 aromatic carbocycles. The number of ether oxygens (including phenoxy) is 1. The van der Waals surface area contributed by atoms with Crippen molar-refractivity contribution in [2.45, 2.75) is 32.5 Å². The molecule has 0 saturated carbocycles. The fourth-order valence-electron chi connectivity index (χ4n) is 2.73. The fraction of sp³-hybridized carbons (Fsp3) is 0.562. The molecule has 1 unspecified atom stereocenters. The number of imidazole rings is 1. The minimum Gasteiger partial charge on any atom is -0.378 e. The molecule has 1 aliphatic heterocycles. The molecule has 114 valence electrons. The van der Waals surface area contributed by atoms with Gasteiger partial charge in [-0.3, -0.25) is 4.90 Å². The lowest BCUT2D eigenvalue weighted by Crippen LogP contribution is -2.50. The molecule has 0 amide bonds. The van der Waals surface area contributed by atoms with Gasteiger partial charge in [-0.2, -0.15) is 0 Å². The van der Waals surface area contributed by atoms with E-state index in [1.807, 2.05) is 24.4 Å². The van der Waals surface area contributed by atoms with E-state index in [1.54, 1.807) is 0 Å². The Morgan fingerprint density at radius 2 is 2.33 bits per heavy atom. The van der Waals surface area contributed by atoms with Crippen molar-refractivity contribution in [1.82, 2.24) is 19.6 Å². The molecular formula is C16H24N4O. The van der Waals surface area contributed by atoms with E-state index >= 15 is 0 Å². The van der Waals surface area contributed by atoms with Gasteiger partial charge < -0.3 is 14.5 Å². The maximum atomic E-state index is 5.63. The first-order valence-electron chi connectivity index (χ1n) is 7.70. The first-order chi connectivity index (χ1) is 10.2. The van der Waals surface area contributed by atoms with E-state index in [-0.39, 0.29) is 0 Å². The Morgan fingerprint density at radius 1 is 1.43 bits per heavy atom. The zero-order valence-corrected chi connectivity index (χ0v) is 12.8. The van der Waals surface area contributed by atoms with E-state index in [9.17, 15) is 0 Å². The van der Waals surface area contributed by atoms with Crippen molar-refractivity contribution < 1.29 is 4.74 Å². The number of rotatable bonds is 5. The van der Waals surface area contributed by atoms with Crippen LogP contribution in [0.2, 0.25) is 0 Å². The molecule has 2 aromatic rings. The third-order valence-corrected chi connectivity index (χ3v) is 3.89. The second-order valence-electron chi connectivity index (χ2n) is 5.96. The van der Waals surface area contributed by atoms with E-state index in [4.69, 9.17) is 9.72 Å². The van der Waals surface area contributed by atoms with Gasteiger partial charge in [0.2, 0.25) is 0 Å². The van der Waals surface area contributed by atoms with Crippen LogP contribution in [0.1, 0.15) is 19.5 Å². The van der Waals surface area contributed by atoms with Crippen molar-refractivity contribution in [3.63, 3.8) is 0 Å². The lowest BCUT2D eigenvalue weighted by Gasteiger charge is -2.35. The van der Waals surface area contributed by atoms with Crippen LogP contribution in [0.25, 0.3) is 5.65 Å². The van der Waals surface area contributed by atoms with Gasteiger partial charge in [-0.25, -0.2) is 4.98 Å². The number of nitrogens with one attached hydrogen (secondary N) is 1. The molecule has 2 aromatic heterocycles. The Bertz CT molecular complexity index is 547. The maximum absolute atomic E-state index is 5.63. The Labute approximate surface area is 125 Å². The number of hydrogen-bond donors (Lipinski definition) is 1. The van der Waals surface area contributed by atoms with Crippen molar-refractivity contribution in [3.05, 3.63) is 36.3 Å². The molecule has 3 rings (SSSR count). The predicted molar refractivity (Wildman–Crippen MR) is 83.3 cm³/mol. The molecule has 3 heterocycles. The summed E-state index contributed by atoms with van der Waals surface area (Å²) >= 11 is 0. The molecule has 21 heavy (non-hydrogen) atoms. The van der Waals surface area contributed by atoms with Crippen LogP contribution in [-0.4, -0.2) is 52.7 Å². The molecule has 1 aliphatic rings. The average Bonchev–Trinajstić information content (AvgIpc) is 2.88. The molecule has 0 spiro atoms. The van der Waals surface area contributed by atoms with E-state index < -0.39 is 0 Å². The Kier molecular flexibility index (Phi) is 4.53. The van der Waals surface area contributed by atoms with Crippen LogP contribution in [0, 0.1) is 0 Å². The van der Waals surface area contributed by atoms with Crippen LogP contribution in [0.4, 0.5) is 0 Å².